The summed E-state index contributed by atoms with van der Waals surface area (Å²) in [7, 11) is 0. The zero-order valence-corrected chi connectivity index (χ0v) is 13.1. The number of rotatable bonds is 5. The third kappa shape index (κ3) is 4.04. The van der Waals surface area contributed by atoms with Crippen molar-refractivity contribution in [3.8, 4) is 0 Å². The molecule has 1 unspecified atom stereocenters. The van der Waals surface area contributed by atoms with Gasteiger partial charge in [0.15, 0.2) is 5.78 Å². The van der Waals surface area contributed by atoms with Gasteiger partial charge in [0.1, 0.15) is 0 Å². The Morgan fingerprint density at radius 1 is 1.18 bits per heavy atom. The van der Waals surface area contributed by atoms with Gasteiger partial charge in [-0.1, -0.05) is 42.5 Å². The van der Waals surface area contributed by atoms with Gasteiger partial charge in [0.05, 0.1) is 0 Å². The number of benzene rings is 1. The van der Waals surface area contributed by atoms with Crippen LogP contribution in [-0.4, -0.2) is 11.7 Å². The van der Waals surface area contributed by atoms with E-state index in [-0.39, 0.29) is 17.6 Å². The minimum Gasteiger partial charge on any atom is -0.326 e. The van der Waals surface area contributed by atoms with Crippen LogP contribution >= 0.6 is 0 Å². The van der Waals surface area contributed by atoms with Crippen molar-refractivity contribution in [1.29, 1.82) is 0 Å². The molecule has 1 atom stereocenters. The van der Waals surface area contributed by atoms with Crippen LogP contribution in [0.2, 0.25) is 0 Å². The quantitative estimate of drug-likeness (QED) is 0.666. The number of amides is 1. The van der Waals surface area contributed by atoms with Gasteiger partial charge in [-0.2, -0.15) is 0 Å². The molecule has 1 amide bonds. The van der Waals surface area contributed by atoms with Crippen molar-refractivity contribution in [1.82, 2.24) is 5.32 Å². The molecule has 3 nitrogen and oxygen atoms in total. The maximum atomic E-state index is 12.1. The van der Waals surface area contributed by atoms with Crippen molar-refractivity contribution in [2.75, 3.05) is 0 Å². The topological polar surface area (TPSA) is 46.2 Å². The molecule has 0 spiro atoms. The van der Waals surface area contributed by atoms with E-state index in [0.717, 1.165) is 22.4 Å². The summed E-state index contributed by atoms with van der Waals surface area (Å²) in [6.07, 6.45) is 4.60. The Hall–Kier alpha value is -2.42. The molecule has 22 heavy (non-hydrogen) atoms. The molecule has 2 rings (SSSR count). The highest BCUT2D eigenvalue weighted by Crippen LogP contribution is 2.34. The summed E-state index contributed by atoms with van der Waals surface area (Å²) in [6, 6.07) is 9.62. The Morgan fingerprint density at radius 2 is 1.86 bits per heavy atom. The summed E-state index contributed by atoms with van der Waals surface area (Å²) >= 11 is 0. The Bertz CT molecular complexity index is 653. The molecule has 0 radical (unpaired) electrons. The maximum Gasteiger partial charge on any atom is 0.248 e. The molecule has 1 aliphatic carbocycles. The summed E-state index contributed by atoms with van der Waals surface area (Å²) in [5.41, 5.74) is 3.46. The predicted molar refractivity (Wildman–Crippen MR) is 88.9 cm³/mol. The van der Waals surface area contributed by atoms with Gasteiger partial charge in [0, 0.05) is 17.3 Å². The van der Waals surface area contributed by atoms with Gasteiger partial charge in [-0.05, 0) is 44.2 Å². The van der Waals surface area contributed by atoms with Crippen LogP contribution in [0.15, 0.2) is 59.8 Å². The molecule has 3 heteroatoms. The summed E-state index contributed by atoms with van der Waals surface area (Å²) in [4.78, 5) is 23.8. The average molecular weight is 295 g/mol. The molecule has 1 aromatic rings. The van der Waals surface area contributed by atoms with E-state index in [1.54, 1.807) is 13.0 Å². The van der Waals surface area contributed by atoms with E-state index in [1.807, 2.05) is 37.3 Å². The maximum absolute atomic E-state index is 12.1. The van der Waals surface area contributed by atoms with Crippen molar-refractivity contribution in [2.24, 2.45) is 5.92 Å². The fourth-order valence-electron chi connectivity index (χ4n) is 2.57. The smallest absolute Gasteiger partial charge is 0.248 e. The molecular weight excluding hydrogens is 274 g/mol. The van der Waals surface area contributed by atoms with Gasteiger partial charge in [0.25, 0.3) is 0 Å². The van der Waals surface area contributed by atoms with E-state index in [0.29, 0.717) is 12.8 Å². The first-order chi connectivity index (χ1) is 10.5. The third-order valence-electron chi connectivity index (χ3n) is 3.89. The second-order valence-electron chi connectivity index (χ2n) is 5.70. The average Bonchev–Trinajstić information content (AvgIpc) is 2.90. The largest absolute Gasteiger partial charge is 0.326 e. The lowest BCUT2D eigenvalue weighted by Gasteiger charge is -2.09. The fraction of sp³-hybridized carbons (Fsp3) is 0.263. The van der Waals surface area contributed by atoms with E-state index >= 15 is 0 Å². The van der Waals surface area contributed by atoms with Crippen LogP contribution in [0.5, 0.6) is 0 Å². The lowest BCUT2D eigenvalue weighted by Crippen LogP contribution is -2.21. The number of carbonyl (C=O) groups is 2. The molecule has 114 valence electrons. The molecule has 0 saturated carbocycles. The molecule has 1 aromatic carbocycles. The predicted octanol–water partition coefficient (Wildman–Crippen LogP) is 3.65. The van der Waals surface area contributed by atoms with Crippen molar-refractivity contribution < 1.29 is 9.59 Å². The molecule has 1 aliphatic rings. The lowest BCUT2D eigenvalue weighted by atomic mass is 9.97. The third-order valence-corrected chi connectivity index (χ3v) is 3.89. The molecule has 0 aliphatic heterocycles. The van der Waals surface area contributed by atoms with Crippen LogP contribution in [-0.2, 0) is 9.59 Å². The number of hydrogen-bond acceptors (Lipinski definition) is 2. The minimum atomic E-state index is -0.208. The van der Waals surface area contributed by atoms with Crippen molar-refractivity contribution in [2.45, 2.75) is 26.7 Å². The highest BCUT2D eigenvalue weighted by Gasteiger charge is 2.27. The summed E-state index contributed by atoms with van der Waals surface area (Å²) in [5, 5.41) is 2.86. The number of allylic oxidation sites excluding steroid dienone is 3. The van der Waals surface area contributed by atoms with Crippen LogP contribution in [0.3, 0.4) is 0 Å². The second kappa shape index (κ2) is 7.03. The first kappa shape index (κ1) is 16.0. The number of ketones is 1. The normalized spacial score (nSPS) is 17.8. The highest BCUT2D eigenvalue weighted by molar-refractivity contribution is 5.97. The molecular formula is C19H21NO2. The molecule has 0 bridgehead atoms. The number of nitrogens with one attached hydrogen (secondary N) is 1. The van der Waals surface area contributed by atoms with E-state index in [2.05, 4.69) is 11.9 Å². The number of Topliss-reactive ketones (excluding diaryl/α,β-unsaturated/α-hetero) is 1. The Balaban J connectivity index is 2.06. The zero-order valence-electron chi connectivity index (χ0n) is 13.1. The molecule has 1 N–H and O–H groups in total. The van der Waals surface area contributed by atoms with Crippen molar-refractivity contribution >= 4 is 17.8 Å². The van der Waals surface area contributed by atoms with E-state index < -0.39 is 0 Å². The van der Waals surface area contributed by atoms with Crippen molar-refractivity contribution in [3.05, 3.63) is 65.4 Å². The second-order valence-corrected chi connectivity index (χ2v) is 5.70. The van der Waals surface area contributed by atoms with Crippen LogP contribution in [0.1, 0.15) is 32.3 Å². The standard InChI is InChI=1S/C19H21NO2/c1-13(2)16-11-17(14(3)21)18(12-16)20-19(22)10-9-15-7-5-4-6-8-15/h4-10,16H,1,11-12H2,2-3H3,(H,20,22)/b10-9+. The van der Waals surface area contributed by atoms with Crippen LogP contribution < -0.4 is 5.32 Å². The lowest BCUT2D eigenvalue weighted by molar-refractivity contribution is -0.115. The van der Waals surface area contributed by atoms with Gasteiger partial charge in [0.2, 0.25) is 5.91 Å². The molecule has 0 heterocycles. The van der Waals surface area contributed by atoms with E-state index in [4.69, 9.17) is 0 Å². The summed E-state index contributed by atoms with van der Waals surface area (Å²) in [6.45, 7) is 7.46. The molecule has 0 saturated heterocycles. The highest BCUT2D eigenvalue weighted by atomic mass is 16.1. The van der Waals surface area contributed by atoms with Gasteiger partial charge in [-0.3, -0.25) is 9.59 Å². The minimum absolute atomic E-state index is 0.0195. The number of hydrogen-bond donors (Lipinski definition) is 1. The Morgan fingerprint density at radius 3 is 2.45 bits per heavy atom. The summed E-state index contributed by atoms with van der Waals surface area (Å²) < 4.78 is 0. The van der Waals surface area contributed by atoms with Crippen LogP contribution in [0, 0.1) is 5.92 Å². The SMILES string of the molecule is C=C(C)C1CC(NC(=O)/C=C/c2ccccc2)=C(C(C)=O)C1. The first-order valence-corrected chi connectivity index (χ1v) is 7.40. The molecule has 0 fully saturated rings. The monoisotopic (exact) mass is 295 g/mol. The van der Waals surface area contributed by atoms with Gasteiger partial charge >= 0.3 is 0 Å². The van der Waals surface area contributed by atoms with Gasteiger partial charge in [-0.15, -0.1) is 0 Å². The zero-order chi connectivity index (χ0) is 16.1. The fourth-order valence-corrected chi connectivity index (χ4v) is 2.57. The van der Waals surface area contributed by atoms with Gasteiger partial charge < -0.3 is 5.32 Å². The van der Waals surface area contributed by atoms with Gasteiger partial charge in [-0.25, -0.2) is 0 Å². The summed E-state index contributed by atoms with van der Waals surface area (Å²) in [5.74, 6) is 0.0540. The van der Waals surface area contributed by atoms with E-state index in [9.17, 15) is 9.59 Å². The number of carbonyl (C=O) groups excluding carboxylic acids is 2. The van der Waals surface area contributed by atoms with Crippen LogP contribution in [0.25, 0.3) is 6.08 Å². The van der Waals surface area contributed by atoms with E-state index in [1.165, 1.54) is 6.08 Å². The molecule has 0 aromatic heterocycles. The van der Waals surface area contributed by atoms with Crippen LogP contribution in [0.4, 0.5) is 0 Å². The Labute approximate surface area is 131 Å². The first-order valence-electron chi connectivity index (χ1n) is 7.40. The Kier molecular flexibility index (Phi) is 5.10. The van der Waals surface area contributed by atoms with Crippen molar-refractivity contribution in [3.63, 3.8) is 0 Å².